The fraction of sp³-hybridized carbons (Fsp3) is 0.467. The quantitative estimate of drug-likeness (QED) is 0.306. The molecule has 0 amide bonds. The maximum atomic E-state index is 11.4. The Kier molecular flexibility index (Phi) is 10.6. The van der Waals surface area contributed by atoms with Gasteiger partial charge in [-0.25, -0.2) is 0 Å². The molecule has 0 radical (unpaired) electrons. The lowest BCUT2D eigenvalue weighted by atomic mass is 10.2. The molecule has 0 unspecified atom stereocenters. The highest BCUT2D eigenvalue weighted by molar-refractivity contribution is 14.0. The van der Waals surface area contributed by atoms with E-state index in [9.17, 15) is 4.79 Å². The summed E-state index contributed by atoms with van der Waals surface area (Å²) in [6.07, 6.45) is 0.0955. The van der Waals surface area contributed by atoms with Crippen molar-refractivity contribution in [3.05, 3.63) is 29.8 Å². The summed E-state index contributed by atoms with van der Waals surface area (Å²) < 4.78 is 10.1. The molecule has 0 fully saturated rings. The summed E-state index contributed by atoms with van der Waals surface area (Å²) >= 11 is 0. The van der Waals surface area contributed by atoms with Crippen LogP contribution in [0.4, 0.5) is 5.69 Å². The van der Waals surface area contributed by atoms with Crippen LogP contribution in [-0.2, 0) is 20.9 Å². The first-order valence-corrected chi connectivity index (χ1v) is 6.86. The van der Waals surface area contributed by atoms with Gasteiger partial charge in [-0.2, -0.15) is 0 Å². The number of guanidine groups is 1. The van der Waals surface area contributed by atoms with E-state index in [1.165, 1.54) is 0 Å². The van der Waals surface area contributed by atoms with Gasteiger partial charge in [-0.1, -0.05) is 18.2 Å². The minimum atomic E-state index is -0.277. The Hall–Kier alpha value is -1.35. The number of carbonyl (C=O) groups excluding carboxylic acids is 1. The molecule has 0 saturated heterocycles. The summed E-state index contributed by atoms with van der Waals surface area (Å²) in [5.74, 6) is -0.0165. The number of benzene rings is 1. The number of esters is 1. The van der Waals surface area contributed by atoms with E-state index in [1.54, 1.807) is 7.11 Å². The number of hydrogen-bond acceptors (Lipinski definition) is 4. The zero-order valence-corrected chi connectivity index (χ0v) is 15.5. The van der Waals surface area contributed by atoms with Crippen molar-refractivity contribution in [2.45, 2.75) is 33.0 Å². The van der Waals surface area contributed by atoms with Crippen molar-refractivity contribution in [2.75, 3.05) is 19.0 Å². The highest BCUT2D eigenvalue weighted by atomic mass is 127. The van der Waals surface area contributed by atoms with Crippen molar-refractivity contribution in [3.8, 4) is 0 Å². The van der Waals surface area contributed by atoms with Gasteiger partial charge in [0.2, 0.25) is 0 Å². The van der Waals surface area contributed by atoms with Crippen molar-refractivity contribution < 1.29 is 14.3 Å². The number of nitrogens with two attached hydrogens (primary N) is 1. The van der Waals surface area contributed by atoms with E-state index in [0.29, 0.717) is 6.61 Å². The van der Waals surface area contributed by atoms with Gasteiger partial charge in [0.1, 0.15) is 0 Å². The molecule has 0 spiro atoms. The Bertz CT molecular complexity index is 493. The molecule has 1 rings (SSSR count). The minimum Gasteiger partial charge on any atom is -0.463 e. The fourth-order valence-electron chi connectivity index (χ4n) is 1.69. The monoisotopic (exact) mass is 421 g/mol. The van der Waals surface area contributed by atoms with Crippen molar-refractivity contribution in [2.24, 2.45) is 10.7 Å². The normalized spacial score (nSPS) is 11.0. The molecule has 1 aromatic rings. The van der Waals surface area contributed by atoms with Crippen LogP contribution in [0.15, 0.2) is 29.3 Å². The molecule has 0 bridgehead atoms. The van der Waals surface area contributed by atoms with Crippen molar-refractivity contribution in [1.29, 1.82) is 0 Å². The first-order chi connectivity index (χ1) is 10.0. The average Bonchev–Trinajstić information content (AvgIpc) is 2.40. The lowest BCUT2D eigenvalue weighted by Crippen LogP contribution is -2.24. The van der Waals surface area contributed by atoms with E-state index in [1.807, 2.05) is 38.1 Å². The first-order valence-electron chi connectivity index (χ1n) is 6.86. The van der Waals surface area contributed by atoms with Gasteiger partial charge in [-0.15, -0.1) is 24.0 Å². The van der Waals surface area contributed by atoms with Crippen LogP contribution in [0.5, 0.6) is 0 Å². The largest absolute Gasteiger partial charge is 0.463 e. The van der Waals surface area contributed by atoms with Gasteiger partial charge in [-0.05, 0) is 19.9 Å². The molecule has 0 aliphatic heterocycles. The second-order valence-electron chi connectivity index (χ2n) is 4.77. The lowest BCUT2D eigenvalue weighted by molar-refractivity contribution is -0.147. The van der Waals surface area contributed by atoms with Crippen LogP contribution in [-0.4, -0.2) is 31.7 Å². The van der Waals surface area contributed by atoms with Crippen LogP contribution in [0.3, 0.4) is 0 Å². The average molecular weight is 421 g/mol. The summed E-state index contributed by atoms with van der Waals surface area (Å²) in [4.78, 5) is 15.5. The topological polar surface area (TPSA) is 85.9 Å². The SMILES string of the molecule is COCc1ccccc1NC(N)=NCCC(=O)OC(C)C.I. The summed E-state index contributed by atoms with van der Waals surface area (Å²) in [7, 11) is 1.63. The molecule has 22 heavy (non-hydrogen) atoms. The number of ether oxygens (including phenoxy) is 2. The molecule has 124 valence electrons. The van der Waals surface area contributed by atoms with E-state index < -0.39 is 0 Å². The van der Waals surface area contributed by atoms with E-state index in [-0.39, 0.29) is 55.0 Å². The molecular formula is C15H24IN3O3. The van der Waals surface area contributed by atoms with Gasteiger partial charge in [0.25, 0.3) is 0 Å². The Labute approximate surface area is 148 Å². The predicted octanol–water partition coefficient (Wildman–Crippen LogP) is 2.52. The summed E-state index contributed by atoms with van der Waals surface area (Å²) in [6, 6.07) is 7.66. The maximum Gasteiger partial charge on any atom is 0.307 e. The van der Waals surface area contributed by atoms with Gasteiger partial charge in [0, 0.05) is 18.4 Å². The zero-order chi connectivity index (χ0) is 15.7. The highest BCUT2D eigenvalue weighted by Gasteiger charge is 2.05. The third kappa shape index (κ3) is 8.18. The number of methoxy groups -OCH3 is 1. The zero-order valence-electron chi connectivity index (χ0n) is 13.2. The second-order valence-corrected chi connectivity index (χ2v) is 4.77. The molecule has 7 heteroatoms. The van der Waals surface area contributed by atoms with Gasteiger partial charge >= 0.3 is 5.97 Å². The van der Waals surface area contributed by atoms with Crippen LogP contribution in [0, 0.1) is 0 Å². The molecular weight excluding hydrogens is 397 g/mol. The minimum absolute atomic E-state index is 0. The van der Waals surface area contributed by atoms with Crippen molar-refractivity contribution in [3.63, 3.8) is 0 Å². The van der Waals surface area contributed by atoms with Crippen LogP contribution in [0.25, 0.3) is 0 Å². The number of carbonyl (C=O) groups is 1. The number of para-hydroxylation sites is 1. The number of rotatable bonds is 7. The predicted molar refractivity (Wildman–Crippen MR) is 98.5 cm³/mol. The van der Waals surface area contributed by atoms with Crippen molar-refractivity contribution >= 4 is 41.6 Å². The highest BCUT2D eigenvalue weighted by Crippen LogP contribution is 2.15. The summed E-state index contributed by atoms with van der Waals surface area (Å²) in [5.41, 5.74) is 7.63. The molecule has 1 aromatic carbocycles. The number of anilines is 1. The van der Waals surface area contributed by atoms with Crippen LogP contribution < -0.4 is 11.1 Å². The van der Waals surface area contributed by atoms with Crippen LogP contribution in [0.2, 0.25) is 0 Å². The molecule has 3 N–H and O–H groups in total. The van der Waals surface area contributed by atoms with Crippen LogP contribution in [0.1, 0.15) is 25.8 Å². The molecule has 0 atom stereocenters. The third-order valence-corrected chi connectivity index (χ3v) is 2.55. The number of aliphatic imine (C=N–C) groups is 1. The summed E-state index contributed by atoms with van der Waals surface area (Å²) in [6.45, 7) is 4.39. The van der Waals surface area contributed by atoms with E-state index in [2.05, 4.69) is 10.3 Å². The summed E-state index contributed by atoms with van der Waals surface area (Å²) in [5, 5.41) is 3.01. The van der Waals surface area contributed by atoms with Crippen LogP contribution >= 0.6 is 24.0 Å². The number of nitrogens with zero attached hydrogens (tertiary/aromatic N) is 1. The number of halogens is 1. The first kappa shape index (κ1) is 20.6. The molecule has 0 aromatic heterocycles. The molecule has 0 aliphatic rings. The van der Waals surface area contributed by atoms with Crippen molar-refractivity contribution in [1.82, 2.24) is 0 Å². The number of nitrogens with one attached hydrogen (secondary N) is 1. The van der Waals surface area contributed by atoms with Gasteiger partial charge < -0.3 is 20.5 Å². The number of hydrogen-bond donors (Lipinski definition) is 2. The van der Waals surface area contributed by atoms with Gasteiger partial charge in [0.05, 0.1) is 25.7 Å². The third-order valence-electron chi connectivity index (χ3n) is 2.55. The smallest absolute Gasteiger partial charge is 0.307 e. The van der Waals surface area contributed by atoms with E-state index in [4.69, 9.17) is 15.2 Å². The Balaban J connectivity index is 0.00000441. The molecule has 0 saturated carbocycles. The Morgan fingerprint density at radius 1 is 1.36 bits per heavy atom. The van der Waals surface area contributed by atoms with E-state index >= 15 is 0 Å². The molecule has 0 aliphatic carbocycles. The van der Waals surface area contributed by atoms with Gasteiger partial charge in [0.15, 0.2) is 5.96 Å². The standard InChI is InChI=1S/C15H23N3O3.HI/c1-11(2)21-14(19)8-9-17-15(16)18-13-7-5-4-6-12(13)10-20-3;/h4-7,11H,8-10H2,1-3H3,(H3,16,17,18);1H. The lowest BCUT2D eigenvalue weighted by Gasteiger charge is -2.11. The Morgan fingerprint density at radius 3 is 2.68 bits per heavy atom. The molecule has 0 heterocycles. The Morgan fingerprint density at radius 2 is 2.05 bits per heavy atom. The molecule has 6 nitrogen and oxygen atoms in total. The van der Waals surface area contributed by atoms with Gasteiger partial charge in [-0.3, -0.25) is 9.79 Å². The van der Waals surface area contributed by atoms with E-state index in [0.717, 1.165) is 11.3 Å². The fourth-order valence-corrected chi connectivity index (χ4v) is 1.69. The maximum absolute atomic E-state index is 11.4. The second kappa shape index (κ2) is 11.2.